The van der Waals surface area contributed by atoms with Crippen LogP contribution in [-0.4, -0.2) is 33.6 Å². The fourth-order valence-electron chi connectivity index (χ4n) is 3.14. The molecule has 3 heterocycles. The predicted molar refractivity (Wildman–Crippen MR) is 95.5 cm³/mol. The number of fused-ring (bicyclic) bond motifs is 1. The molecule has 0 amide bonds. The quantitative estimate of drug-likeness (QED) is 0.658. The third-order valence-electron chi connectivity index (χ3n) is 4.30. The highest BCUT2D eigenvalue weighted by atomic mass is 32.2. The van der Waals surface area contributed by atoms with E-state index in [0.717, 1.165) is 35.4 Å². The molecule has 0 saturated carbocycles. The molecule has 7 heteroatoms. The summed E-state index contributed by atoms with van der Waals surface area (Å²) in [4.78, 5) is 6.62. The number of nitrogens with zero attached hydrogens (tertiary/aromatic N) is 3. The minimum absolute atomic E-state index is 0.109. The molecule has 6 nitrogen and oxygen atoms in total. The van der Waals surface area contributed by atoms with Crippen LogP contribution in [-0.2, 0) is 6.54 Å². The molecule has 1 aliphatic carbocycles. The van der Waals surface area contributed by atoms with Crippen molar-refractivity contribution < 1.29 is 4.90 Å². The summed E-state index contributed by atoms with van der Waals surface area (Å²) in [5.41, 5.74) is 2.82. The van der Waals surface area contributed by atoms with Crippen molar-refractivity contribution in [3.8, 4) is 0 Å². The minimum atomic E-state index is -0.347. The van der Waals surface area contributed by atoms with E-state index < -0.39 is 0 Å². The average Bonchev–Trinajstić information content (AvgIpc) is 3.23. The van der Waals surface area contributed by atoms with Crippen LogP contribution in [0.15, 0.2) is 52.2 Å². The molecule has 0 atom stereocenters. The van der Waals surface area contributed by atoms with Gasteiger partial charge in [0.25, 0.3) is 0 Å². The van der Waals surface area contributed by atoms with Gasteiger partial charge in [-0.1, -0.05) is 12.2 Å². The lowest BCUT2D eigenvalue weighted by atomic mass is 10.1. The van der Waals surface area contributed by atoms with Crippen LogP contribution >= 0.6 is 11.8 Å². The summed E-state index contributed by atoms with van der Waals surface area (Å²) in [5, 5.41) is 27.4. The number of likely N-dealkylation sites (tertiary alicyclic amines) is 1. The van der Waals surface area contributed by atoms with Crippen LogP contribution in [0.1, 0.15) is 18.4 Å². The Morgan fingerprint density at radius 3 is 2.79 bits per heavy atom. The van der Waals surface area contributed by atoms with Gasteiger partial charge in [-0.05, 0) is 55.4 Å². The van der Waals surface area contributed by atoms with E-state index in [9.17, 15) is 10.4 Å². The van der Waals surface area contributed by atoms with Crippen molar-refractivity contribution in [2.75, 3.05) is 18.4 Å². The van der Waals surface area contributed by atoms with Gasteiger partial charge in [0, 0.05) is 18.8 Å². The molecule has 0 aromatic carbocycles. The summed E-state index contributed by atoms with van der Waals surface area (Å²) >= 11 is 1.45. The second-order valence-corrected chi connectivity index (χ2v) is 7.01. The fourth-order valence-corrected chi connectivity index (χ4v) is 4.11. The van der Waals surface area contributed by atoms with Gasteiger partial charge in [0.2, 0.25) is 5.71 Å². The van der Waals surface area contributed by atoms with E-state index in [1.807, 2.05) is 12.3 Å². The van der Waals surface area contributed by atoms with Crippen LogP contribution in [0.2, 0.25) is 0 Å². The Bertz CT molecular complexity index is 788. The Hall–Kier alpha value is -2.25. The normalized spacial score (nSPS) is 22.8. The SMILES string of the molecule is [O-][N+]([O-])=C1C=CC=CC1=C1Nc2cc(CN3CCCC3)cnc2S1. The van der Waals surface area contributed by atoms with Gasteiger partial charge in [-0.15, -0.1) is 0 Å². The summed E-state index contributed by atoms with van der Waals surface area (Å²) in [6.07, 6.45) is 11.2. The first-order valence-corrected chi connectivity index (χ1v) is 8.79. The Morgan fingerprint density at radius 1 is 1.21 bits per heavy atom. The van der Waals surface area contributed by atoms with Crippen molar-refractivity contribution in [2.24, 2.45) is 0 Å². The Balaban J connectivity index is 1.59. The summed E-state index contributed by atoms with van der Waals surface area (Å²) in [6.45, 7) is 3.20. The van der Waals surface area contributed by atoms with Gasteiger partial charge in [0.05, 0.1) is 16.3 Å². The number of anilines is 1. The molecule has 2 aliphatic heterocycles. The van der Waals surface area contributed by atoms with E-state index in [1.165, 1.54) is 36.2 Å². The number of thioether (sulfide) groups is 1. The van der Waals surface area contributed by atoms with Crippen LogP contribution in [0.3, 0.4) is 0 Å². The molecule has 124 valence electrons. The molecule has 0 radical (unpaired) electrons. The molecule has 0 spiro atoms. The second-order valence-electron chi connectivity index (χ2n) is 6.01. The van der Waals surface area contributed by atoms with E-state index in [0.29, 0.717) is 5.57 Å². The predicted octanol–water partition coefficient (Wildman–Crippen LogP) is 2.98. The molecule has 0 bridgehead atoms. The van der Waals surface area contributed by atoms with Crippen molar-refractivity contribution in [1.29, 1.82) is 0 Å². The van der Waals surface area contributed by atoms with E-state index in [2.05, 4.69) is 21.3 Å². The third-order valence-corrected chi connectivity index (χ3v) is 5.35. The van der Waals surface area contributed by atoms with Gasteiger partial charge in [-0.25, -0.2) is 4.98 Å². The molecule has 4 rings (SSSR count). The zero-order valence-corrected chi connectivity index (χ0v) is 13.9. The topological polar surface area (TPSA) is 77.3 Å². The van der Waals surface area contributed by atoms with Gasteiger partial charge in [0.1, 0.15) is 5.03 Å². The molecule has 1 N–H and O–H groups in total. The molecule has 1 aromatic rings. The highest BCUT2D eigenvalue weighted by Gasteiger charge is 2.25. The lowest BCUT2D eigenvalue weighted by Crippen LogP contribution is -2.18. The Kier molecular flexibility index (Phi) is 4.03. The highest BCUT2D eigenvalue weighted by molar-refractivity contribution is 8.03. The van der Waals surface area contributed by atoms with Crippen LogP contribution in [0.25, 0.3) is 0 Å². The number of hydrogen-bond acceptors (Lipinski definition) is 6. The maximum Gasteiger partial charge on any atom is 0.232 e. The van der Waals surface area contributed by atoms with E-state index in [-0.39, 0.29) is 10.6 Å². The van der Waals surface area contributed by atoms with Gasteiger partial charge in [-0.2, -0.15) is 4.90 Å². The van der Waals surface area contributed by atoms with Crippen molar-refractivity contribution in [3.63, 3.8) is 0 Å². The first-order valence-electron chi connectivity index (χ1n) is 7.97. The number of allylic oxidation sites excluding steroid dienone is 5. The fraction of sp³-hybridized carbons (Fsp3) is 0.294. The molecule has 1 fully saturated rings. The summed E-state index contributed by atoms with van der Waals surface area (Å²) in [7, 11) is 0. The molecular weight excluding hydrogens is 324 g/mol. The smallest absolute Gasteiger partial charge is 0.232 e. The van der Waals surface area contributed by atoms with E-state index in [1.54, 1.807) is 12.2 Å². The molecule has 1 saturated heterocycles. The number of hydrogen-bond donors (Lipinski definition) is 1. The van der Waals surface area contributed by atoms with Gasteiger partial charge in [-0.3, -0.25) is 4.90 Å². The standard InChI is InChI=1S/C17H17N4O2S/c22-21(23)15-6-2-1-5-13(15)16-19-14-9-12(10-18-17(14)24-16)11-20-7-3-4-8-20/h1-2,5-6,9-10,19H,3-4,7-8,11H2/q-1. The number of pyridine rings is 1. The lowest BCUT2D eigenvalue weighted by Gasteiger charge is -2.14. The zero-order chi connectivity index (χ0) is 16.5. The van der Waals surface area contributed by atoms with Crippen molar-refractivity contribution in [3.05, 3.63) is 63.1 Å². The first-order chi connectivity index (χ1) is 11.7. The van der Waals surface area contributed by atoms with Crippen LogP contribution < -0.4 is 5.32 Å². The van der Waals surface area contributed by atoms with Crippen molar-refractivity contribution in [2.45, 2.75) is 24.4 Å². The number of nitrogens with one attached hydrogen (secondary N) is 1. The summed E-state index contributed by atoms with van der Waals surface area (Å²) < 4.78 is 0. The van der Waals surface area contributed by atoms with Gasteiger partial charge >= 0.3 is 0 Å². The first kappa shape index (κ1) is 15.3. The second kappa shape index (κ2) is 6.33. The average molecular weight is 341 g/mol. The Morgan fingerprint density at radius 2 is 2.00 bits per heavy atom. The van der Waals surface area contributed by atoms with Crippen molar-refractivity contribution in [1.82, 2.24) is 9.88 Å². The maximum atomic E-state index is 11.2. The molecule has 1 aromatic heterocycles. The van der Waals surface area contributed by atoms with Crippen molar-refractivity contribution >= 4 is 23.2 Å². The van der Waals surface area contributed by atoms with E-state index >= 15 is 0 Å². The number of aromatic nitrogens is 1. The monoisotopic (exact) mass is 341 g/mol. The van der Waals surface area contributed by atoms with Crippen LogP contribution in [0.5, 0.6) is 0 Å². The molecular formula is C17H17N4O2S-. The zero-order valence-electron chi connectivity index (χ0n) is 13.1. The van der Waals surface area contributed by atoms with Gasteiger partial charge < -0.3 is 15.7 Å². The van der Waals surface area contributed by atoms with E-state index in [4.69, 9.17) is 0 Å². The third kappa shape index (κ3) is 2.92. The summed E-state index contributed by atoms with van der Waals surface area (Å²) in [5.74, 6) is 0. The summed E-state index contributed by atoms with van der Waals surface area (Å²) in [6, 6.07) is 2.11. The number of rotatable bonds is 2. The maximum absolute atomic E-state index is 11.2. The molecule has 0 unspecified atom stereocenters. The lowest BCUT2D eigenvalue weighted by molar-refractivity contribution is -0.377. The van der Waals surface area contributed by atoms with Gasteiger partial charge in [0.15, 0.2) is 0 Å². The molecule has 24 heavy (non-hydrogen) atoms. The molecule has 3 aliphatic rings. The van der Waals surface area contributed by atoms with Crippen LogP contribution in [0, 0.1) is 10.4 Å². The van der Waals surface area contributed by atoms with Crippen LogP contribution in [0.4, 0.5) is 5.69 Å². The minimum Gasteiger partial charge on any atom is -0.612 e. The Labute approximate surface area is 144 Å². The highest BCUT2D eigenvalue weighted by Crippen LogP contribution is 2.42. The largest absolute Gasteiger partial charge is 0.612 e.